The Morgan fingerprint density at radius 2 is 2.32 bits per heavy atom. The number of amides is 1. The van der Waals surface area contributed by atoms with Gasteiger partial charge in [-0.3, -0.25) is 4.79 Å². The molecule has 0 saturated heterocycles. The molecule has 1 atom stereocenters. The van der Waals surface area contributed by atoms with Crippen LogP contribution >= 0.6 is 15.9 Å². The smallest absolute Gasteiger partial charge is 0.226 e. The van der Waals surface area contributed by atoms with Gasteiger partial charge in [0.15, 0.2) is 5.58 Å². The summed E-state index contributed by atoms with van der Waals surface area (Å²) >= 11 is 3.41. The van der Waals surface area contributed by atoms with Gasteiger partial charge in [0.1, 0.15) is 5.69 Å². The fraction of sp³-hybridized carbons (Fsp3) is 0.385. The van der Waals surface area contributed by atoms with Crippen LogP contribution in [0.5, 0.6) is 0 Å². The Morgan fingerprint density at radius 1 is 1.53 bits per heavy atom. The molecule has 6 heteroatoms. The first-order valence-electron chi connectivity index (χ1n) is 5.93. The molecule has 102 valence electrons. The molecular formula is C13H15BrN2O3. The zero-order valence-corrected chi connectivity index (χ0v) is 12.1. The van der Waals surface area contributed by atoms with Gasteiger partial charge in [-0.2, -0.15) is 0 Å². The summed E-state index contributed by atoms with van der Waals surface area (Å²) in [5, 5.41) is 7.63. The van der Waals surface area contributed by atoms with Crippen LogP contribution in [0.25, 0.3) is 11.0 Å². The number of ether oxygens (including phenoxy) is 1. The van der Waals surface area contributed by atoms with Gasteiger partial charge >= 0.3 is 0 Å². The molecule has 1 amide bonds. The van der Waals surface area contributed by atoms with E-state index in [2.05, 4.69) is 26.4 Å². The van der Waals surface area contributed by atoms with E-state index in [1.807, 2.05) is 24.3 Å². The van der Waals surface area contributed by atoms with Crippen molar-refractivity contribution in [3.63, 3.8) is 0 Å². The minimum atomic E-state index is -0.0837. The molecule has 5 nitrogen and oxygen atoms in total. The summed E-state index contributed by atoms with van der Waals surface area (Å²) in [6.07, 6.45) is 0.212. The molecule has 1 N–H and O–H groups in total. The van der Waals surface area contributed by atoms with Crippen LogP contribution in [0.1, 0.15) is 5.69 Å². The van der Waals surface area contributed by atoms with Crippen LogP contribution in [0.2, 0.25) is 0 Å². The van der Waals surface area contributed by atoms with Crippen molar-refractivity contribution in [1.29, 1.82) is 0 Å². The second-order valence-electron chi connectivity index (χ2n) is 4.16. The number of carbonyl (C=O) groups is 1. The van der Waals surface area contributed by atoms with Crippen molar-refractivity contribution in [3.05, 3.63) is 30.0 Å². The average Bonchev–Trinajstić information content (AvgIpc) is 2.80. The summed E-state index contributed by atoms with van der Waals surface area (Å²) in [5.41, 5.74) is 1.36. The maximum atomic E-state index is 11.8. The third kappa shape index (κ3) is 3.78. The molecule has 1 aromatic heterocycles. The first kappa shape index (κ1) is 14.0. The molecule has 0 fully saturated rings. The molecule has 2 rings (SSSR count). The van der Waals surface area contributed by atoms with E-state index in [0.717, 1.165) is 5.39 Å². The van der Waals surface area contributed by atoms with Gasteiger partial charge in [0.2, 0.25) is 5.91 Å². The van der Waals surface area contributed by atoms with Crippen molar-refractivity contribution in [2.24, 2.45) is 0 Å². The highest BCUT2D eigenvalue weighted by molar-refractivity contribution is 9.09. The summed E-state index contributed by atoms with van der Waals surface area (Å²) in [4.78, 5) is 11.9. The molecule has 0 bridgehead atoms. The molecule has 1 unspecified atom stereocenters. The Labute approximate surface area is 119 Å². The van der Waals surface area contributed by atoms with Crippen molar-refractivity contribution < 1.29 is 14.1 Å². The fourth-order valence-electron chi connectivity index (χ4n) is 1.74. The van der Waals surface area contributed by atoms with Crippen molar-refractivity contribution in [3.8, 4) is 0 Å². The monoisotopic (exact) mass is 326 g/mol. The second-order valence-corrected chi connectivity index (χ2v) is 5.45. The summed E-state index contributed by atoms with van der Waals surface area (Å²) < 4.78 is 10.1. The Bertz CT molecular complexity index is 556. The molecule has 19 heavy (non-hydrogen) atoms. The molecule has 0 saturated carbocycles. The standard InChI is InChI=1S/C13H15BrN2O3/c1-18-8-9(14)7-15-13(17)6-11-10-4-2-3-5-12(10)19-16-11/h2-5,9H,6-8H2,1H3,(H,15,17). The van der Waals surface area contributed by atoms with Crippen LogP contribution < -0.4 is 5.32 Å². The highest BCUT2D eigenvalue weighted by Crippen LogP contribution is 2.17. The molecular weight excluding hydrogens is 312 g/mol. The van der Waals surface area contributed by atoms with Gasteiger partial charge in [0.05, 0.1) is 17.9 Å². The van der Waals surface area contributed by atoms with Gasteiger partial charge < -0.3 is 14.6 Å². The second kappa shape index (κ2) is 6.68. The molecule has 1 aromatic carbocycles. The number of para-hydroxylation sites is 1. The molecule has 0 aliphatic heterocycles. The Kier molecular flexibility index (Phi) is 4.93. The van der Waals surface area contributed by atoms with Gasteiger partial charge in [0.25, 0.3) is 0 Å². The number of alkyl halides is 1. The van der Waals surface area contributed by atoms with Crippen LogP contribution in [-0.4, -0.2) is 36.2 Å². The van der Waals surface area contributed by atoms with Gasteiger partial charge in [-0.1, -0.05) is 33.2 Å². The number of nitrogens with one attached hydrogen (secondary N) is 1. The zero-order chi connectivity index (χ0) is 13.7. The quantitative estimate of drug-likeness (QED) is 0.823. The highest BCUT2D eigenvalue weighted by atomic mass is 79.9. The lowest BCUT2D eigenvalue weighted by Gasteiger charge is -2.09. The van der Waals surface area contributed by atoms with Gasteiger partial charge in [-0.25, -0.2) is 0 Å². The summed E-state index contributed by atoms with van der Waals surface area (Å²) in [5.74, 6) is -0.0837. The zero-order valence-electron chi connectivity index (χ0n) is 10.6. The van der Waals surface area contributed by atoms with E-state index in [0.29, 0.717) is 24.4 Å². The number of rotatable bonds is 6. The predicted octanol–water partition coefficient (Wildman–Crippen LogP) is 1.90. The number of halogens is 1. The summed E-state index contributed by atoms with van der Waals surface area (Å²) in [6, 6.07) is 7.50. The predicted molar refractivity (Wildman–Crippen MR) is 75.3 cm³/mol. The van der Waals surface area contributed by atoms with E-state index in [-0.39, 0.29) is 17.2 Å². The average molecular weight is 327 g/mol. The lowest BCUT2D eigenvalue weighted by atomic mass is 10.1. The minimum absolute atomic E-state index is 0.0837. The number of nitrogens with zero attached hydrogens (tertiary/aromatic N) is 1. The number of fused-ring (bicyclic) bond motifs is 1. The van der Waals surface area contributed by atoms with Gasteiger partial charge in [0, 0.05) is 19.0 Å². The molecule has 2 aromatic rings. The number of aromatic nitrogens is 1. The minimum Gasteiger partial charge on any atom is -0.383 e. The molecule has 0 aliphatic carbocycles. The van der Waals surface area contributed by atoms with E-state index < -0.39 is 0 Å². The number of carbonyl (C=O) groups excluding carboxylic acids is 1. The third-order valence-corrected chi connectivity index (χ3v) is 3.24. The van der Waals surface area contributed by atoms with E-state index in [4.69, 9.17) is 9.26 Å². The molecule has 0 radical (unpaired) electrons. The van der Waals surface area contributed by atoms with Crippen molar-refractivity contribution in [2.45, 2.75) is 11.2 Å². The van der Waals surface area contributed by atoms with Crippen LogP contribution in [0.15, 0.2) is 28.8 Å². The van der Waals surface area contributed by atoms with Crippen LogP contribution in [0.3, 0.4) is 0 Å². The molecule has 1 heterocycles. The topological polar surface area (TPSA) is 64.4 Å². The van der Waals surface area contributed by atoms with Crippen LogP contribution in [0, 0.1) is 0 Å². The first-order valence-corrected chi connectivity index (χ1v) is 6.85. The van der Waals surface area contributed by atoms with Crippen molar-refractivity contribution in [2.75, 3.05) is 20.3 Å². The SMILES string of the molecule is COCC(Br)CNC(=O)Cc1noc2ccccc12. The number of benzene rings is 1. The number of hydrogen-bond donors (Lipinski definition) is 1. The van der Waals surface area contributed by atoms with Crippen LogP contribution in [0.4, 0.5) is 0 Å². The largest absolute Gasteiger partial charge is 0.383 e. The Balaban J connectivity index is 1.92. The van der Waals surface area contributed by atoms with E-state index in [9.17, 15) is 4.79 Å². The van der Waals surface area contributed by atoms with Crippen molar-refractivity contribution in [1.82, 2.24) is 10.5 Å². The highest BCUT2D eigenvalue weighted by Gasteiger charge is 2.12. The fourth-order valence-corrected chi connectivity index (χ4v) is 2.17. The molecule has 0 spiro atoms. The van der Waals surface area contributed by atoms with Gasteiger partial charge in [-0.05, 0) is 12.1 Å². The first-order chi connectivity index (χ1) is 9.20. The van der Waals surface area contributed by atoms with E-state index in [1.165, 1.54) is 0 Å². The third-order valence-electron chi connectivity index (χ3n) is 2.65. The lowest BCUT2D eigenvalue weighted by Crippen LogP contribution is -2.32. The maximum absolute atomic E-state index is 11.8. The van der Waals surface area contributed by atoms with Crippen LogP contribution in [-0.2, 0) is 16.0 Å². The normalized spacial score (nSPS) is 12.5. The number of hydrogen-bond acceptors (Lipinski definition) is 4. The number of methoxy groups -OCH3 is 1. The van der Waals surface area contributed by atoms with Crippen molar-refractivity contribution >= 4 is 32.8 Å². The van der Waals surface area contributed by atoms with Gasteiger partial charge in [-0.15, -0.1) is 0 Å². The van der Waals surface area contributed by atoms with E-state index in [1.54, 1.807) is 7.11 Å². The Morgan fingerprint density at radius 3 is 3.11 bits per heavy atom. The lowest BCUT2D eigenvalue weighted by molar-refractivity contribution is -0.120. The maximum Gasteiger partial charge on any atom is 0.226 e. The summed E-state index contributed by atoms with van der Waals surface area (Å²) in [6.45, 7) is 1.07. The summed E-state index contributed by atoms with van der Waals surface area (Å²) in [7, 11) is 1.62. The molecule has 0 aliphatic rings. The van der Waals surface area contributed by atoms with E-state index >= 15 is 0 Å². The Hall–Kier alpha value is -1.40.